The zero-order valence-electron chi connectivity index (χ0n) is 11.4. The number of carbonyl (C=O) groups is 1. The van der Waals surface area contributed by atoms with Crippen LogP contribution in [0.15, 0.2) is 30.3 Å². The SMILES string of the molecule is COc1cc(OC)cc(C(=O)c2ccc(OC)nn2)c1. The lowest BCUT2D eigenvalue weighted by molar-refractivity contribution is 0.103. The van der Waals surface area contributed by atoms with E-state index in [1.54, 1.807) is 30.3 Å². The Kier molecular flexibility index (Phi) is 4.14. The summed E-state index contributed by atoms with van der Waals surface area (Å²) in [6, 6.07) is 8.07. The number of hydrogen-bond donors (Lipinski definition) is 0. The molecule has 0 aliphatic heterocycles. The Labute approximate surface area is 116 Å². The van der Waals surface area contributed by atoms with E-state index >= 15 is 0 Å². The van der Waals surface area contributed by atoms with E-state index in [2.05, 4.69) is 10.2 Å². The molecule has 0 aliphatic carbocycles. The van der Waals surface area contributed by atoms with E-state index in [1.807, 2.05) is 0 Å². The van der Waals surface area contributed by atoms with Crippen molar-refractivity contribution in [3.05, 3.63) is 41.6 Å². The van der Waals surface area contributed by atoms with E-state index in [1.165, 1.54) is 21.3 Å². The zero-order chi connectivity index (χ0) is 14.5. The number of hydrogen-bond acceptors (Lipinski definition) is 6. The van der Waals surface area contributed by atoms with Gasteiger partial charge in [-0.05, 0) is 18.2 Å². The van der Waals surface area contributed by atoms with E-state index in [0.29, 0.717) is 22.9 Å². The minimum Gasteiger partial charge on any atom is -0.497 e. The van der Waals surface area contributed by atoms with Crippen molar-refractivity contribution in [1.29, 1.82) is 0 Å². The highest BCUT2D eigenvalue weighted by Gasteiger charge is 2.14. The predicted octanol–water partition coefficient (Wildman–Crippen LogP) is 1.73. The molecule has 0 spiro atoms. The molecule has 0 saturated heterocycles. The fraction of sp³-hybridized carbons (Fsp3) is 0.214. The molecule has 0 amide bonds. The number of carbonyl (C=O) groups excluding carboxylic acids is 1. The van der Waals surface area contributed by atoms with Gasteiger partial charge < -0.3 is 14.2 Å². The highest BCUT2D eigenvalue weighted by atomic mass is 16.5. The lowest BCUT2D eigenvalue weighted by Crippen LogP contribution is -2.06. The molecule has 0 N–H and O–H groups in total. The van der Waals surface area contributed by atoms with Crippen molar-refractivity contribution in [2.75, 3.05) is 21.3 Å². The Hall–Kier alpha value is -2.63. The van der Waals surface area contributed by atoms with Crippen LogP contribution in [0.1, 0.15) is 16.1 Å². The number of ether oxygens (including phenoxy) is 3. The second kappa shape index (κ2) is 6.01. The van der Waals surface area contributed by atoms with E-state index in [4.69, 9.17) is 14.2 Å². The zero-order valence-corrected chi connectivity index (χ0v) is 11.4. The highest BCUT2D eigenvalue weighted by Crippen LogP contribution is 2.24. The molecule has 0 aliphatic rings. The Morgan fingerprint density at radius 2 is 1.55 bits per heavy atom. The summed E-state index contributed by atoms with van der Waals surface area (Å²) in [5.74, 6) is 1.16. The molecule has 20 heavy (non-hydrogen) atoms. The Bertz CT molecular complexity index is 589. The molecule has 0 bridgehead atoms. The number of benzene rings is 1. The maximum atomic E-state index is 12.3. The minimum absolute atomic E-state index is 0.223. The smallest absolute Gasteiger partial charge is 0.233 e. The third-order valence-electron chi connectivity index (χ3n) is 2.70. The average molecular weight is 274 g/mol. The number of ketones is 1. The van der Waals surface area contributed by atoms with Gasteiger partial charge in [0.15, 0.2) is 0 Å². The third kappa shape index (κ3) is 2.85. The van der Waals surface area contributed by atoms with Crippen LogP contribution in [0.25, 0.3) is 0 Å². The van der Waals surface area contributed by atoms with Crippen molar-refractivity contribution in [1.82, 2.24) is 10.2 Å². The van der Waals surface area contributed by atoms with Gasteiger partial charge in [0.2, 0.25) is 11.7 Å². The molecular weight excluding hydrogens is 260 g/mol. The van der Waals surface area contributed by atoms with Crippen molar-refractivity contribution in [2.24, 2.45) is 0 Å². The third-order valence-corrected chi connectivity index (χ3v) is 2.70. The lowest BCUT2D eigenvalue weighted by atomic mass is 10.1. The maximum Gasteiger partial charge on any atom is 0.233 e. The molecule has 6 heteroatoms. The van der Waals surface area contributed by atoms with Crippen molar-refractivity contribution < 1.29 is 19.0 Å². The first kappa shape index (κ1) is 13.8. The van der Waals surface area contributed by atoms with Gasteiger partial charge in [0.1, 0.15) is 17.2 Å². The molecule has 0 radical (unpaired) electrons. The van der Waals surface area contributed by atoms with Gasteiger partial charge in [-0.15, -0.1) is 10.2 Å². The van der Waals surface area contributed by atoms with Crippen LogP contribution < -0.4 is 14.2 Å². The molecule has 2 rings (SSSR count). The lowest BCUT2D eigenvalue weighted by Gasteiger charge is -2.07. The van der Waals surface area contributed by atoms with Crippen LogP contribution in [-0.2, 0) is 0 Å². The highest BCUT2D eigenvalue weighted by molar-refractivity contribution is 6.08. The number of rotatable bonds is 5. The first-order valence-electron chi connectivity index (χ1n) is 5.83. The average Bonchev–Trinajstić information content (AvgIpc) is 2.53. The molecule has 1 heterocycles. The number of methoxy groups -OCH3 is 3. The van der Waals surface area contributed by atoms with E-state index < -0.39 is 0 Å². The Morgan fingerprint density at radius 3 is 2.00 bits per heavy atom. The Morgan fingerprint density at radius 1 is 0.900 bits per heavy atom. The van der Waals surface area contributed by atoms with Crippen LogP contribution >= 0.6 is 0 Å². The fourth-order valence-electron chi connectivity index (χ4n) is 1.64. The number of nitrogens with zero attached hydrogens (tertiary/aromatic N) is 2. The van der Waals surface area contributed by atoms with Gasteiger partial charge in [-0.1, -0.05) is 0 Å². The second-order valence-corrected chi connectivity index (χ2v) is 3.89. The largest absolute Gasteiger partial charge is 0.497 e. The van der Waals surface area contributed by atoms with Gasteiger partial charge in [-0.2, -0.15) is 0 Å². The first-order chi connectivity index (χ1) is 9.67. The van der Waals surface area contributed by atoms with Gasteiger partial charge >= 0.3 is 0 Å². The molecule has 0 saturated carbocycles. The summed E-state index contributed by atoms with van der Waals surface area (Å²) in [5.41, 5.74) is 0.641. The van der Waals surface area contributed by atoms with E-state index in [0.717, 1.165) is 0 Å². The molecule has 1 aromatic heterocycles. The molecule has 2 aromatic rings. The van der Waals surface area contributed by atoms with Crippen LogP contribution in [0, 0.1) is 0 Å². The quantitative estimate of drug-likeness (QED) is 0.773. The summed E-state index contributed by atoms with van der Waals surface area (Å²) >= 11 is 0. The van der Waals surface area contributed by atoms with Crippen LogP contribution in [0.2, 0.25) is 0 Å². The monoisotopic (exact) mass is 274 g/mol. The topological polar surface area (TPSA) is 70.5 Å². The normalized spacial score (nSPS) is 9.95. The van der Waals surface area contributed by atoms with E-state index in [9.17, 15) is 4.79 Å². The second-order valence-electron chi connectivity index (χ2n) is 3.89. The van der Waals surface area contributed by atoms with Crippen LogP contribution in [0.4, 0.5) is 0 Å². The molecule has 0 fully saturated rings. The summed E-state index contributed by atoms with van der Waals surface area (Å²) < 4.78 is 15.2. The molecule has 0 unspecified atom stereocenters. The van der Waals surface area contributed by atoms with Crippen molar-refractivity contribution >= 4 is 5.78 Å². The molecule has 6 nitrogen and oxygen atoms in total. The molecule has 0 atom stereocenters. The van der Waals surface area contributed by atoms with Crippen LogP contribution in [0.3, 0.4) is 0 Å². The van der Waals surface area contributed by atoms with Gasteiger partial charge in [0, 0.05) is 17.7 Å². The standard InChI is InChI=1S/C14H14N2O4/c1-18-10-6-9(7-11(8-10)19-2)14(17)12-4-5-13(20-3)16-15-12/h4-8H,1-3H3. The summed E-state index contributed by atoms with van der Waals surface area (Å²) in [6.07, 6.45) is 0. The molecule has 1 aromatic carbocycles. The van der Waals surface area contributed by atoms with Crippen molar-refractivity contribution in [2.45, 2.75) is 0 Å². The first-order valence-corrected chi connectivity index (χ1v) is 5.83. The molecule has 104 valence electrons. The Balaban J connectivity index is 2.36. The van der Waals surface area contributed by atoms with Crippen LogP contribution in [0.5, 0.6) is 17.4 Å². The van der Waals surface area contributed by atoms with Crippen molar-refractivity contribution in [3.63, 3.8) is 0 Å². The van der Waals surface area contributed by atoms with Crippen molar-refractivity contribution in [3.8, 4) is 17.4 Å². The summed E-state index contributed by atoms with van der Waals surface area (Å²) in [4.78, 5) is 12.3. The predicted molar refractivity (Wildman–Crippen MR) is 71.6 cm³/mol. The summed E-state index contributed by atoms with van der Waals surface area (Å²) in [6.45, 7) is 0. The van der Waals surface area contributed by atoms with Crippen LogP contribution in [-0.4, -0.2) is 37.3 Å². The minimum atomic E-state index is -0.266. The van der Waals surface area contributed by atoms with E-state index in [-0.39, 0.29) is 11.5 Å². The summed E-state index contributed by atoms with van der Waals surface area (Å²) in [5, 5.41) is 7.60. The number of aromatic nitrogens is 2. The fourth-order valence-corrected chi connectivity index (χ4v) is 1.64. The summed E-state index contributed by atoms with van der Waals surface area (Å²) in [7, 11) is 4.53. The van der Waals surface area contributed by atoms with Gasteiger partial charge in [-0.3, -0.25) is 4.79 Å². The van der Waals surface area contributed by atoms with Gasteiger partial charge in [0.25, 0.3) is 0 Å². The van der Waals surface area contributed by atoms with Gasteiger partial charge in [0.05, 0.1) is 21.3 Å². The maximum absolute atomic E-state index is 12.3. The molecular formula is C14H14N2O4. The van der Waals surface area contributed by atoms with Gasteiger partial charge in [-0.25, -0.2) is 0 Å².